The number of hydrogen-bond acceptors (Lipinski definition) is 5. The van der Waals surface area contributed by atoms with E-state index in [0.717, 1.165) is 29.0 Å². The van der Waals surface area contributed by atoms with Gasteiger partial charge in [0.15, 0.2) is 11.9 Å². The zero-order chi connectivity index (χ0) is 21.7. The Labute approximate surface area is 177 Å². The number of Topliss-reactive ketones (excluding diaryl/α,β-unsaturated/α-hetero) is 1. The third-order valence-corrected chi connectivity index (χ3v) is 8.22. The van der Waals surface area contributed by atoms with Crippen LogP contribution in [0, 0.1) is 12.3 Å². The molecule has 2 fully saturated rings. The summed E-state index contributed by atoms with van der Waals surface area (Å²) in [4.78, 5) is 25.4. The van der Waals surface area contributed by atoms with Crippen LogP contribution in [0.4, 0.5) is 0 Å². The topological polar surface area (TPSA) is 72.8 Å². The standard InChI is InChI=1S/C24H32NO5/c1-14-6-7-15-12-17-24(28)9-8-16(26)20-23(24,18(15)19(14)30-20)10-11-25(17,5)13-29-21(27)22(2,3)4/h6-7,17,20,28H,8-13H2,1-5H3/q+1/t17?,20-,23-,24+,25-/m0/s1. The number of quaternary nitrogens is 1. The highest BCUT2D eigenvalue weighted by atomic mass is 16.5. The zero-order valence-corrected chi connectivity index (χ0v) is 18.6. The van der Waals surface area contributed by atoms with Crippen LogP contribution in [-0.2, 0) is 26.2 Å². The smallest absolute Gasteiger partial charge is 0.315 e. The highest BCUT2D eigenvalue weighted by Gasteiger charge is 2.76. The summed E-state index contributed by atoms with van der Waals surface area (Å²) in [5.41, 5.74) is 0.936. The number of benzene rings is 1. The van der Waals surface area contributed by atoms with Crippen molar-refractivity contribution in [3.8, 4) is 5.75 Å². The molecule has 0 aromatic heterocycles. The van der Waals surface area contributed by atoms with Crippen molar-refractivity contribution in [3.63, 3.8) is 0 Å². The summed E-state index contributed by atoms with van der Waals surface area (Å²) < 4.78 is 12.5. The van der Waals surface area contributed by atoms with Crippen LogP contribution in [0.1, 0.15) is 56.7 Å². The Morgan fingerprint density at radius 1 is 1.33 bits per heavy atom. The number of rotatable bonds is 2. The van der Waals surface area contributed by atoms with Crippen molar-refractivity contribution < 1.29 is 28.7 Å². The number of hydrogen-bond donors (Lipinski definition) is 1. The molecule has 2 aliphatic heterocycles. The number of ketones is 1. The van der Waals surface area contributed by atoms with Crippen LogP contribution in [0.5, 0.6) is 5.75 Å². The molecule has 1 unspecified atom stereocenters. The highest BCUT2D eigenvalue weighted by molar-refractivity contribution is 5.89. The summed E-state index contributed by atoms with van der Waals surface area (Å²) in [5, 5.41) is 12.3. The quantitative estimate of drug-likeness (QED) is 0.594. The highest BCUT2D eigenvalue weighted by Crippen LogP contribution is 2.64. The van der Waals surface area contributed by atoms with Gasteiger partial charge in [-0.2, -0.15) is 0 Å². The number of nitrogens with zero attached hydrogens (tertiary/aromatic N) is 1. The number of carbonyl (C=O) groups excluding carboxylic acids is 2. The Morgan fingerprint density at radius 3 is 2.77 bits per heavy atom. The molecular formula is C24H32NO5+. The van der Waals surface area contributed by atoms with E-state index in [0.29, 0.717) is 30.2 Å². The number of piperidine rings is 1. The van der Waals surface area contributed by atoms with E-state index in [4.69, 9.17) is 9.47 Å². The number of likely N-dealkylation sites (N-methyl/N-ethyl adjacent to an activating group) is 1. The molecule has 2 heterocycles. The lowest BCUT2D eigenvalue weighted by atomic mass is 9.48. The van der Waals surface area contributed by atoms with E-state index < -0.39 is 22.5 Å². The summed E-state index contributed by atoms with van der Waals surface area (Å²) in [6, 6.07) is 4.03. The molecule has 2 aliphatic carbocycles. The molecule has 1 N–H and O–H groups in total. The first-order valence-corrected chi connectivity index (χ1v) is 11.0. The maximum Gasteiger partial charge on any atom is 0.315 e. The monoisotopic (exact) mass is 414 g/mol. The van der Waals surface area contributed by atoms with Gasteiger partial charge in [-0.25, -0.2) is 0 Å². The van der Waals surface area contributed by atoms with Crippen LogP contribution in [0.25, 0.3) is 0 Å². The largest absolute Gasteiger partial charge is 0.481 e. The van der Waals surface area contributed by atoms with Crippen molar-refractivity contribution in [1.82, 2.24) is 0 Å². The third kappa shape index (κ3) is 2.27. The van der Waals surface area contributed by atoms with Gasteiger partial charge in [0.05, 0.1) is 24.4 Å². The van der Waals surface area contributed by atoms with E-state index in [1.165, 1.54) is 0 Å². The summed E-state index contributed by atoms with van der Waals surface area (Å²) in [6.07, 6.45) is 1.48. The van der Waals surface area contributed by atoms with Gasteiger partial charge < -0.3 is 14.6 Å². The Kier molecular flexibility index (Phi) is 3.91. The third-order valence-electron chi connectivity index (χ3n) is 8.22. The summed E-state index contributed by atoms with van der Waals surface area (Å²) in [7, 11) is 2.08. The molecule has 1 saturated heterocycles. The Bertz CT molecular complexity index is 965. The maximum absolute atomic E-state index is 12.9. The van der Waals surface area contributed by atoms with E-state index in [2.05, 4.69) is 19.2 Å². The van der Waals surface area contributed by atoms with E-state index in [9.17, 15) is 14.7 Å². The average Bonchev–Trinajstić information content (AvgIpc) is 3.03. The lowest BCUT2D eigenvalue weighted by Crippen LogP contribution is -2.81. The minimum Gasteiger partial charge on any atom is -0.481 e. The van der Waals surface area contributed by atoms with Crippen LogP contribution in [-0.4, -0.2) is 59.4 Å². The summed E-state index contributed by atoms with van der Waals surface area (Å²) in [5.74, 6) is 0.668. The van der Waals surface area contributed by atoms with Gasteiger partial charge in [-0.15, -0.1) is 0 Å². The van der Waals surface area contributed by atoms with Crippen molar-refractivity contribution in [2.75, 3.05) is 20.3 Å². The molecule has 30 heavy (non-hydrogen) atoms. The van der Waals surface area contributed by atoms with Gasteiger partial charge in [0, 0.05) is 24.8 Å². The van der Waals surface area contributed by atoms with E-state index in [-0.39, 0.29) is 24.5 Å². The molecule has 4 aliphatic rings. The molecular weight excluding hydrogens is 382 g/mol. The molecule has 162 valence electrons. The van der Waals surface area contributed by atoms with Crippen LogP contribution in [0.3, 0.4) is 0 Å². The van der Waals surface area contributed by atoms with Crippen LogP contribution in [0.15, 0.2) is 12.1 Å². The number of aryl methyl sites for hydroxylation is 1. The van der Waals surface area contributed by atoms with Gasteiger partial charge in [-0.05, 0) is 45.2 Å². The minimum absolute atomic E-state index is 0.0946. The molecule has 0 radical (unpaired) electrons. The molecule has 6 heteroatoms. The molecule has 1 saturated carbocycles. The lowest BCUT2D eigenvalue weighted by Gasteiger charge is -2.63. The fourth-order valence-corrected chi connectivity index (χ4v) is 6.55. The maximum atomic E-state index is 12.9. The van der Waals surface area contributed by atoms with Crippen molar-refractivity contribution in [1.29, 1.82) is 0 Å². The predicted molar refractivity (Wildman–Crippen MR) is 110 cm³/mol. The first-order valence-electron chi connectivity index (χ1n) is 11.0. The van der Waals surface area contributed by atoms with Gasteiger partial charge in [0.25, 0.3) is 0 Å². The number of aliphatic hydroxyl groups is 1. The van der Waals surface area contributed by atoms with Crippen LogP contribution < -0.4 is 4.74 Å². The molecule has 1 aromatic carbocycles. The minimum atomic E-state index is -1.06. The Hall–Kier alpha value is -1.92. The van der Waals surface area contributed by atoms with Crippen LogP contribution >= 0.6 is 0 Å². The van der Waals surface area contributed by atoms with Gasteiger partial charge >= 0.3 is 5.97 Å². The second-order valence-electron chi connectivity index (χ2n) is 11.1. The molecule has 0 amide bonds. The number of ether oxygens (including phenoxy) is 2. The van der Waals surface area contributed by atoms with Crippen molar-refractivity contribution >= 4 is 11.8 Å². The summed E-state index contributed by atoms with van der Waals surface area (Å²) in [6.45, 7) is 8.51. The fourth-order valence-electron chi connectivity index (χ4n) is 6.55. The lowest BCUT2D eigenvalue weighted by molar-refractivity contribution is -0.963. The number of carbonyl (C=O) groups is 2. The van der Waals surface area contributed by atoms with Crippen molar-refractivity contribution in [2.45, 2.75) is 76.5 Å². The first-order chi connectivity index (χ1) is 13.9. The van der Waals surface area contributed by atoms with Gasteiger partial charge in [0.2, 0.25) is 6.73 Å². The van der Waals surface area contributed by atoms with Gasteiger partial charge in [0.1, 0.15) is 17.4 Å². The molecule has 1 spiro atoms. The average molecular weight is 415 g/mol. The molecule has 2 bridgehead atoms. The second kappa shape index (κ2) is 5.86. The van der Waals surface area contributed by atoms with Gasteiger partial charge in [-0.1, -0.05) is 12.1 Å². The molecule has 5 atom stereocenters. The van der Waals surface area contributed by atoms with E-state index >= 15 is 0 Å². The van der Waals surface area contributed by atoms with E-state index in [1.807, 2.05) is 27.7 Å². The summed E-state index contributed by atoms with van der Waals surface area (Å²) >= 11 is 0. The van der Waals surface area contributed by atoms with Crippen molar-refractivity contribution in [3.05, 3.63) is 28.8 Å². The second-order valence-corrected chi connectivity index (χ2v) is 11.1. The molecule has 5 rings (SSSR count). The Morgan fingerprint density at radius 2 is 2.07 bits per heavy atom. The normalized spacial score (nSPS) is 38.7. The number of esters is 1. The van der Waals surface area contributed by atoms with Crippen LogP contribution in [0.2, 0.25) is 0 Å². The Balaban J connectivity index is 1.61. The first kappa shape index (κ1) is 20.0. The van der Waals surface area contributed by atoms with E-state index in [1.54, 1.807) is 0 Å². The molecule has 6 nitrogen and oxygen atoms in total. The number of likely N-dealkylation sites (tertiary alicyclic amines) is 1. The van der Waals surface area contributed by atoms with Crippen molar-refractivity contribution in [2.24, 2.45) is 5.41 Å². The van der Waals surface area contributed by atoms with Gasteiger partial charge in [-0.3, -0.25) is 14.1 Å². The fraction of sp³-hybridized carbons (Fsp3) is 0.667. The predicted octanol–water partition coefficient (Wildman–Crippen LogP) is 2.41. The molecule has 1 aromatic rings. The SMILES string of the molecule is Cc1ccc2c3c1O[C@H]1C(=O)CC[C@@]4(O)C(C2)[N@+](C)(COC(=O)C(C)(C)C)CC[C@]314. The zero-order valence-electron chi connectivity index (χ0n) is 18.6.